The van der Waals surface area contributed by atoms with Gasteiger partial charge in [-0.15, -0.1) is 11.3 Å². The molecule has 0 aliphatic rings. The van der Waals surface area contributed by atoms with Crippen LogP contribution in [-0.4, -0.2) is 11.3 Å². The van der Waals surface area contributed by atoms with Gasteiger partial charge in [-0.1, -0.05) is 12.0 Å². The Hall–Kier alpha value is -1.92. The van der Waals surface area contributed by atoms with E-state index in [4.69, 9.17) is 0 Å². The topological polar surface area (TPSA) is 30.0 Å². The molecule has 2 aromatic rings. The highest BCUT2D eigenvalue weighted by atomic mass is 32.1. The molecule has 0 atom stereocenters. The van der Waals surface area contributed by atoms with Gasteiger partial charge in [-0.2, -0.15) is 0 Å². The number of pyridine rings is 1. The first-order valence-electron chi connectivity index (χ1n) is 4.34. The van der Waals surface area contributed by atoms with Crippen LogP contribution >= 0.6 is 11.3 Å². The summed E-state index contributed by atoms with van der Waals surface area (Å²) >= 11 is 1.59. The first kappa shape index (κ1) is 9.63. The van der Waals surface area contributed by atoms with Gasteiger partial charge in [0, 0.05) is 33.8 Å². The van der Waals surface area contributed by atoms with Gasteiger partial charge in [0.1, 0.15) is 0 Å². The van der Waals surface area contributed by atoms with Crippen LogP contribution in [-0.2, 0) is 4.79 Å². The zero-order chi connectivity index (χ0) is 10.5. The summed E-state index contributed by atoms with van der Waals surface area (Å²) in [4.78, 5) is 15.2. The van der Waals surface area contributed by atoms with Crippen molar-refractivity contribution in [2.75, 3.05) is 0 Å². The van der Waals surface area contributed by atoms with E-state index < -0.39 is 0 Å². The molecule has 2 aromatic heterocycles. The largest absolute Gasteiger partial charge is 0.289 e. The average Bonchev–Trinajstić information content (AvgIpc) is 2.76. The second-order valence-electron chi connectivity index (χ2n) is 2.83. The van der Waals surface area contributed by atoms with E-state index in [-0.39, 0.29) is 0 Å². The standard InChI is InChI=1S/C12H7NOS/c14-6-2-3-10-7-12(15-9-10)11-4-1-5-13-8-11/h1,4-9H. The smallest absolute Gasteiger partial charge is 0.193 e. The fourth-order valence-corrected chi connectivity index (χ4v) is 2.01. The van der Waals surface area contributed by atoms with E-state index in [2.05, 4.69) is 16.8 Å². The predicted molar refractivity (Wildman–Crippen MR) is 60.5 cm³/mol. The van der Waals surface area contributed by atoms with Gasteiger partial charge in [0.05, 0.1) is 0 Å². The average molecular weight is 213 g/mol. The molecule has 0 aliphatic carbocycles. The Balaban J connectivity index is 2.32. The van der Waals surface area contributed by atoms with Crippen LogP contribution in [0.2, 0.25) is 0 Å². The quantitative estimate of drug-likeness (QED) is 0.537. The van der Waals surface area contributed by atoms with Crippen LogP contribution < -0.4 is 0 Å². The van der Waals surface area contributed by atoms with E-state index in [1.54, 1.807) is 17.5 Å². The van der Waals surface area contributed by atoms with Crippen molar-refractivity contribution < 1.29 is 4.79 Å². The summed E-state index contributed by atoms with van der Waals surface area (Å²) in [6.45, 7) is 0. The number of aromatic nitrogens is 1. The number of nitrogens with zero attached hydrogens (tertiary/aromatic N) is 1. The SMILES string of the molecule is O=CC#Cc1csc(-c2cccnc2)c1. The fraction of sp³-hybridized carbons (Fsp3) is 0. The van der Waals surface area contributed by atoms with E-state index in [1.165, 1.54) is 0 Å². The van der Waals surface area contributed by atoms with E-state index in [0.717, 1.165) is 16.0 Å². The number of carbonyl (C=O) groups excluding carboxylic acids is 1. The van der Waals surface area contributed by atoms with Crippen molar-refractivity contribution in [1.82, 2.24) is 4.98 Å². The van der Waals surface area contributed by atoms with Gasteiger partial charge < -0.3 is 0 Å². The van der Waals surface area contributed by atoms with Crippen LogP contribution in [0, 0.1) is 11.8 Å². The summed E-state index contributed by atoms with van der Waals surface area (Å²) < 4.78 is 0. The molecule has 0 saturated carbocycles. The molecule has 0 unspecified atom stereocenters. The van der Waals surface area contributed by atoms with Crippen LogP contribution in [0.15, 0.2) is 36.0 Å². The van der Waals surface area contributed by atoms with Gasteiger partial charge in [0.15, 0.2) is 6.29 Å². The second kappa shape index (κ2) is 4.54. The summed E-state index contributed by atoms with van der Waals surface area (Å²) in [6, 6.07) is 5.85. The number of hydrogen-bond acceptors (Lipinski definition) is 3. The van der Waals surface area contributed by atoms with Gasteiger partial charge in [-0.25, -0.2) is 0 Å². The van der Waals surface area contributed by atoms with Gasteiger partial charge in [0.25, 0.3) is 0 Å². The minimum absolute atomic E-state index is 0.599. The molecule has 0 fully saturated rings. The lowest BCUT2D eigenvalue weighted by Gasteiger charge is -1.92. The molecule has 0 N–H and O–H groups in total. The van der Waals surface area contributed by atoms with Crippen molar-refractivity contribution in [2.45, 2.75) is 0 Å². The molecule has 72 valence electrons. The molecule has 3 heteroatoms. The molecule has 0 saturated heterocycles. The number of carbonyl (C=O) groups is 1. The summed E-state index contributed by atoms with van der Waals surface area (Å²) in [5.74, 6) is 5.15. The highest BCUT2D eigenvalue weighted by molar-refractivity contribution is 7.13. The monoisotopic (exact) mass is 213 g/mol. The Kier molecular flexibility index (Phi) is 2.91. The normalized spacial score (nSPS) is 9.07. The number of thiophene rings is 1. The highest BCUT2D eigenvalue weighted by Crippen LogP contribution is 2.25. The molecule has 0 radical (unpaired) electrons. The Labute approximate surface area is 91.6 Å². The first-order valence-corrected chi connectivity index (χ1v) is 5.22. The van der Waals surface area contributed by atoms with Gasteiger partial charge >= 0.3 is 0 Å². The maximum atomic E-state index is 10.1. The Morgan fingerprint density at radius 2 is 2.40 bits per heavy atom. The lowest BCUT2D eigenvalue weighted by atomic mass is 10.2. The highest BCUT2D eigenvalue weighted by Gasteiger charge is 2.00. The Morgan fingerprint density at radius 3 is 3.13 bits per heavy atom. The van der Waals surface area contributed by atoms with Crippen molar-refractivity contribution in [3.8, 4) is 22.3 Å². The lowest BCUT2D eigenvalue weighted by Crippen LogP contribution is -1.73. The first-order chi connectivity index (χ1) is 7.40. The van der Waals surface area contributed by atoms with Gasteiger partial charge in [-0.3, -0.25) is 9.78 Å². The molecule has 15 heavy (non-hydrogen) atoms. The number of rotatable bonds is 1. The van der Waals surface area contributed by atoms with Crippen LogP contribution in [0.1, 0.15) is 5.56 Å². The second-order valence-corrected chi connectivity index (χ2v) is 3.74. The minimum atomic E-state index is 0.599. The molecular formula is C12H7NOS. The van der Waals surface area contributed by atoms with E-state index in [1.807, 2.05) is 29.8 Å². The van der Waals surface area contributed by atoms with Crippen molar-refractivity contribution >= 4 is 17.6 Å². The molecule has 2 rings (SSSR count). The van der Waals surface area contributed by atoms with Crippen LogP contribution in [0.4, 0.5) is 0 Å². The van der Waals surface area contributed by atoms with Gasteiger partial charge in [-0.05, 0) is 18.1 Å². The van der Waals surface area contributed by atoms with Crippen molar-refractivity contribution in [1.29, 1.82) is 0 Å². The molecule has 0 amide bonds. The zero-order valence-electron chi connectivity index (χ0n) is 7.81. The maximum Gasteiger partial charge on any atom is 0.193 e. The third-order valence-electron chi connectivity index (χ3n) is 1.82. The summed E-state index contributed by atoms with van der Waals surface area (Å²) in [5, 5.41) is 1.93. The molecule has 0 aromatic carbocycles. The predicted octanol–water partition coefficient (Wildman–Crippen LogP) is 2.36. The molecule has 0 bridgehead atoms. The molecule has 0 spiro atoms. The van der Waals surface area contributed by atoms with E-state index >= 15 is 0 Å². The maximum absolute atomic E-state index is 10.1. The van der Waals surface area contributed by atoms with Crippen molar-refractivity contribution in [2.24, 2.45) is 0 Å². The van der Waals surface area contributed by atoms with Crippen molar-refractivity contribution in [3.63, 3.8) is 0 Å². The fourth-order valence-electron chi connectivity index (χ4n) is 1.17. The van der Waals surface area contributed by atoms with Crippen LogP contribution in [0.5, 0.6) is 0 Å². The van der Waals surface area contributed by atoms with Crippen molar-refractivity contribution in [3.05, 3.63) is 41.5 Å². The summed E-state index contributed by atoms with van der Waals surface area (Å²) in [6.07, 6.45) is 4.15. The number of aldehydes is 1. The zero-order valence-corrected chi connectivity index (χ0v) is 8.62. The number of hydrogen-bond donors (Lipinski definition) is 0. The molecular weight excluding hydrogens is 206 g/mol. The molecule has 2 heterocycles. The van der Waals surface area contributed by atoms with Gasteiger partial charge in [0.2, 0.25) is 0 Å². The van der Waals surface area contributed by atoms with Crippen LogP contribution in [0.3, 0.4) is 0 Å². The van der Waals surface area contributed by atoms with E-state index in [9.17, 15) is 4.79 Å². The summed E-state index contributed by atoms with van der Waals surface area (Å²) in [7, 11) is 0. The van der Waals surface area contributed by atoms with E-state index in [0.29, 0.717) is 6.29 Å². The lowest BCUT2D eigenvalue weighted by molar-refractivity contribution is -0.103. The molecule has 2 nitrogen and oxygen atoms in total. The molecule has 0 aliphatic heterocycles. The Morgan fingerprint density at radius 1 is 1.47 bits per heavy atom. The summed E-state index contributed by atoms with van der Waals surface area (Å²) in [5.41, 5.74) is 1.94. The third-order valence-corrected chi connectivity index (χ3v) is 2.80. The minimum Gasteiger partial charge on any atom is -0.289 e. The van der Waals surface area contributed by atoms with Crippen LogP contribution in [0.25, 0.3) is 10.4 Å². The Bertz CT molecular complexity index is 519. The third kappa shape index (κ3) is 2.30.